The van der Waals surface area contributed by atoms with Gasteiger partial charge in [-0.1, -0.05) is 231 Å². The van der Waals surface area contributed by atoms with Crippen molar-refractivity contribution in [2.75, 3.05) is 9.80 Å². The minimum Gasteiger partial charge on any atom is -0.453 e. The number of nitrogens with zero attached hydrogens (tertiary/aromatic N) is 2. The van der Waals surface area contributed by atoms with Crippen molar-refractivity contribution >= 4 is 78.0 Å². The van der Waals surface area contributed by atoms with Crippen LogP contribution in [0.1, 0.15) is 11.1 Å². The lowest BCUT2D eigenvalue weighted by Gasteiger charge is -2.30. The minimum absolute atomic E-state index is 0.835. The standard InChI is InChI=1S/C74H52N2O2/c1-49-47-55(43-45-65(49)75(67-39-17-15-31-57(67)51-23-7-3-8-24-51)69-41-21-37-63-61-35-19-33-59(71(61)77-73(63)69)53-27-11-5-12-28-53)56-44-46-66(50(2)48-56)76(68-40-18-16-32-58(68)52-25-9-4-10-26-52)70-42-22-38-64-62-36-20-34-60(72(62)78-74(64)70)54-29-13-6-14-30-54/h3-48H,1-2H3. The van der Waals surface area contributed by atoms with Crippen molar-refractivity contribution in [1.82, 2.24) is 0 Å². The maximum Gasteiger partial charge on any atom is 0.159 e. The van der Waals surface area contributed by atoms with Crippen molar-refractivity contribution in [3.63, 3.8) is 0 Å². The SMILES string of the molecule is Cc1cc(-c2ccc(N(c3ccccc3-c3ccccc3)c3cccc4c3oc3c(-c5ccccc5)cccc34)c(C)c2)ccc1N(c1ccccc1-c1ccccc1)c1cccc2c1oc1c(-c3ccccc3)cccc12. The van der Waals surface area contributed by atoms with Crippen LogP contribution in [0.5, 0.6) is 0 Å². The number of para-hydroxylation sites is 6. The number of anilines is 6. The molecule has 78 heavy (non-hydrogen) atoms. The molecule has 370 valence electrons. The first-order valence-corrected chi connectivity index (χ1v) is 26.7. The van der Waals surface area contributed by atoms with Crippen LogP contribution < -0.4 is 9.80 Å². The molecule has 0 atom stereocenters. The summed E-state index contributed by atoms with van der Waals surface area (Å²) < 4.78 is 14.2. The first-order valence-electron chi connectivity index (χ1n) is 26.7. The van der Waals surface area contributed by atoms with Crippen LogP contribution in [0.4, 0.5) is 34.1 Å². The lowest BCUT2D eigenvalue weighted by Crippen LogP contribution is -2.13. The predicted octanol–water partition coefficient (Wildman–Crippen LogP) is 21.4. The molecule has 2 heterocycles. The number of furan rings is 2. The van der Waals surface area contributed by atoms with Crippen LogP contribution in [0.2, 0.25) is 0 Å². The van der Waals surface area contributed by atoms with Crippen LogP contribution in [0, 0.1) is 13.8 Å². The largest absolute Gasteiger partial charge is 0.453 e. The predicted molar refractivity (Wildman–Crippen MR) is 327 cm³/mol. The molecule has 0 radical (unpaired) electrons. The highest BCUT2D eigenvalue weighted by atomic mass is 16.3. The van der Waals surface area contributed by atoms with Gasteiger partial charge in [0.05, 0.1) is 22.7 Å². The summed E-state index contributed by atoms with van der Waals surface area (Å²) >= 11 is 0. The highest BCUT2D eigenvalue weighted by Gasteiger charge is 2.27. The number of rotatable bonds is 11. The van der Waals surface area contributed by atoms with E-state index in [1.165, 1.54) is 0 Å². The Labute approximate surface area is 454 Å². The summed E-state index contributed by atoms with van der Waals surface area (Å²) in [6.45, 7) is 4.45. The molecule has 0 aliphatic heterocycles. The molecule has 0 aliphatic rings. The van der Waals surface area contributed by atoms with Crippen molar-refractivity contribution in [2.45, 2.75) is 13.8 Å². The maximum absolute atomic E-state index is 7.12. The van der Waals surface area contributed by atoms with E-state index in [2.05, 4.69) is 303 Å². The van der Waals surface area contributed by atoms with E-state index in [-0.39, 0.29) is 0 Å². The summed E-state index contributed by atoms with van der Waals surface area (Å²) in [7, 11) is 0. The average Bonchev–Trinajstić information content (AvgIpc) is 4.31. The number of aryl methyl sites for hydroxylation is 2. The average molecular weight is 1000 g/mol. The molecule has 0 unspecified atom stereocenters. The molecule has 14 aromatic rings. The lowest BCUT2D eigenvalue weighted by molar-refractivity contribution is 0.670. The van der Waals surface area contributed by atoms with Gasteiger partial charge in [0, 0.05) is 55.2 Å². The third-order valence-electron chi connectivity index (χ3n) is 15.3. The third kappa shape index (κ3) is 8.01. The normalized spacial score (nSPS) is 11.5. The zero-order chi connectivity index (χ0) is 52.1. The second kappa shape index (κ2) is 19.5. The van der Waals surface area contributed by atoms with E-state index in [0.717, 1.165) is 145 Å². The summed E-state index contributed by atoms with van der Waals surface area (Å²) in [5.41, 5.74) is 23.0. The van der Waals surface area contributed by atoms with E-state index in [0.29, 0.717) is 0 Å². The number of hydrogen-bond donors (Lipinski definition) is 0. The van der Waals surface area contributed by atoms with E-state index >= 15 is 0 Å². The van der Waals surface area contributed by atoms with Gasteiger partial charge in [0.2, 0.25) is 0 Å². The Morgan fingerprint density at radius 3 is 0.885 bits per heavy atom. The summed E-state index contributed by atoms with van der Waals surface area (Å²) in [5, 5.41) is 4.32. The van der Waals surface area contributed by atoms with Crippen LogP contribution in [0.25, 0.3) is 99.5 Å². The van der Waals surface area contributed by atoms with Crippen LogP contribution in [0.3, 0.4) is 0 Å². The Hall–Kier alpha value is -10.2. The highest BCUT2D eigenvalue weighted by molar-refractivity contribution is 6.15. The molecule has 0 spiro atoms. The fourth-order valence-electron chi connectivity index (χ4n) is 11.7. The van der Waals surface area contributed by atoms with Gasteiger partial charge in [0.1, 0.15) is 11.2 Å². The lowest BCUT2D eigenvalue weighted by atomic mass is 9.96. The molecule has 14 rings (SSSR count). The molecule has 0 amide bonds. The topological polar surface area (TPSA) is 32.8 Å². The fraction of sp³-hybridized carbons (Fsp3) is 0.0270. The van der Waals surface area contributed by atoms with Gasteiger partial charge in [-0.25, -0.2) is 0 Å². The van der Waals surface area contributed by atoms with Crippen molar-refractivity contribution in [1.29, 1.82) is 0 Å². The van der Waals surface area contributed by atoms with Crippen molar-refractivity contribution in [3.8, 4) is 55.6 Å². The van der Waals surface area contributed by atoms with Crippen LogP contribution in [-0.4, -0.2) is 0 Å². The van der Waals surface area contributed by atoms with Crippen LogP contribution in [-0.2, 0) is 0 Å². The van der Waals surface area contributed by atoms with E-state index in [9.17, 15) is 0 Å². The molecule has 0 fully saturated rings. The molecule has 12 aromatic carbocycles. The number of fused-ring (bicyclic) bond motifs is 6. The van der Waals surface area contributed by atoms with Gasteiger partial charge in [0.15, 0.2) is 11.2 Å². The Kier molecular flexibility index (Phi) is 11.6. The van der Waals surface area contributed by atoms with E-state index < -0.39 is 0 Å². The smallest absolute Gasteiger partial charge is 0.159 e. The Balaban J connectivity index is 0.915. The molecule has 0 N–H and O–H groups in total. The van der Waals surface area contributed by atoms with E-state index in [4.69, 9.17) is 8.83 Å². The molecule has 2 aromatic heterocycles. The highest BCUT2D eigenvalue weighted by Crippen LogP contribution is 2.50. The summed E-state index contributed by atoms with van der Waals surface area (Å²) in [6.07, 6.45) is 0. The molecule has 0 saturated heterocycles. The second-order valence-electron chi connectivity index (χ2n) is 20.0. The zero-order valence-corrected chi connectivity index (χ0v) is 43.3. The van der Waals surface area contributed by atoms with Gasteiger partial charge in [0.25, 0.3) is 0 Å². The molecular weight excluding hydrogens is 949 g/mol. The van der Waals surface area contributed by atoms with Gasteiger partial charge in [-0.3, -0.25) is 0 Å². The summed E-state index contributed by atoms with van der Waals surface area (Å²) in [4.78, 5) is 4.79. The maximum atomic E-state index is 7.12. The second-order valence-corrected chi connectivity index (χ2v) is 20.0. The summed E-state index contributed by atoms with van der Waals surface area (Å²) in [5.74, 6) is 0. The van der Waals surface area contributed by atoms with Crippen LogP contribution >= 0.6 is 0 Å². The molecule has 4 heteroatoms. The first kappa shape index (κ1) is 46.4. The minimum atomic E-state index is 0.835. The van der Waals surface area contributed by atoms with Gasteiger partial charge in [-0.2, -0.15) is 0 Å². The van der Waals surface area contributed by atoms with Gasteiger partial charge < -0.3 is 18.6 Å². The Morgan fingerprint density at radius 2 is 0.513 bits per heavy atom. The quantitative estimate of drug-likeness (QED) is 0.129. The Bertz CT molecular complexity index is 4230. The van der Waals surface area contributed by atoms with Gasteiger partial charge >= 0.3 is 0 Å². The van der Waals surface area contributed by atoms with E-state index in [1.807, 2.05) is 0 Å². The number of hydrogen-bond acceptors (Lipinski definition) is 4. The number of benzene rings is 12. The van der Waals surface area contributed by atoms with Crippen molar-refractivity contribution in [3.05, 3.63) is 290 Å². The van der Waals surface area contributed by atoms with Crippen molar-refractivity contribution < 1.29 is 8.83 Å². The Morgan fingerprint density at radius 1 is 0.218 bits per heavy atom. The summed E-state index contributed by atoms with van der Waals surface area (Å²) in [6, 6.07) is 99.5. The molecule has 0 aliphatic carbocycles. The monoisotopic (exact) mass is 1000 g/mol. The fourth-order valence-corrected chi connectivity index (χ4v) is 11.7. The van der Waals surface area contributed by atoms with Gasteiger partial charge in [-0.05, 0) is 107 Å². The zero-order valence-electron chi connectivity index (χ0n) is 43.3. The van der Waals surface area contributed by atoms with Gasteiger partial charge in [-0.15, -0.1) is 0 Å². The molecule has 0 saturated carbocycles. The molecule has 0 bridgehead atoms. The third-order valence-corrected chi connectivity index (χ3v) is 15.3. The molecule has 4 nitrogen and oxygen atoms in total. The van der Waals surface area contributed by atoms with Crippen molar-refractivity contribution in [2.24, 2.45) is 0 Å². The van der Waals surface area contributed by atoms with Crippen LogP contribution in [0.15, 0.2) is 288 Å². The molecular formula is C74H52N2O2. The van der Waals surface area contributed by atoms with E-state index in [1.54, 1.807) is 0 Å². The first-order chi connectivity index (χ1) is 38.6.